The second-order valence-electron chi connectivity index (χ2n) is 8.23. The maximum Gasteiger partial charge on any atom is 0.219 e. The Morgan fingerprint density at radius 1 is 0.903 bits per heavy atom. The number of hydrogen-bond donors (Lipinski definition) is 1. The smallest absolute Gasteiger partial charge is 0.219 e. The number of aromatic nitrogens is 1. The Morgan fingerprint density at radius 2 is 1.65 bits per heavy atom. The van der Waals surface area contributed by atoms with Gasteiger partial charge in [0, 0.05) is 34.6 Å². The molecule has 0 fully saturated rings. The standard InChI is InChI=1S/C26H22ClN3.HI/c27-19-10-12-20(13-11-19)30-16-23(18-6-2-1-3-7-18)26-25-22(14-15-29(26)17-30)21-8-4-5-9-24(21)28-25;/h1-13,23H,14-17H2;1H. The Hall–Kier alpha value is -2.31. The molecule has 0 saturated heterocycles. The molecule has 6 rings (SSSR count). The van der Waals surface area contributed by atoms with Crippen LogP contribution >= 0.6 is 11.6 Å². The minimum Gasteiger partial charge on any atom is -1.00 e. The first-order valence-corrected chi connectivity index (χ1v) is 10.9. The van der Waals surface area contributed by atoms with E-state index in [9.17, 15) is 0 Å². The molecule has 1 N–H and O–H groups in total. The summed E-state index contributed by atoms with van der Waals surface area (Å²) in [5.41, 5.74) is 8.06. The summed E-state index contributed by atoms with van der Waals surface area (Å²) in [5.74, 6) is 0.308. The van der Waals surface area contributed by atoms with E-state index in [0.29, 0.717) is 5.92 Å². The molecule has 2 aliphatic rings. The largest absolute Gasteiger partial charge is 1.00 e. The number of nitrogens with zero attached hydrogens (tertiary/aromatic N) is 2. The van der Waals surface area contributed by atoms with E-state index in [1.54, 1.807) is 0 Å². The van der Waals surface area contributed by atoms with Crippen LogP contribution in [0.2, 0.25) is 5.02 Å². The second-order valence-corrected chi connectivity index (χ2v) is 8.66. The lowest BCUT2D eigenvalue weighted by molar-refractivity contribution is -0.532. The molecule has 0 spiro atoms. The first-order chi connectivity index (χ1) is 14.8. The average molecular weight is 540 g/mol. The van der Waals surface area contributed by atoms with Gasteiger partial charge in [0.25, 0.3) is 0 Å². The summed E-state index contributed by atoms with van der Waals surface area (Å²) in [6.45, 7) is 2.89. The Balaban J connectivity index is 0.00000204. The van der Waals surface area contributed by atoms with Crippen LogP contribution in [0.15, 0.2) is 78.9 Å². The van der Waals surface area contributed by atoms with Crippen molar-refractivity contribution in [3.05, 3.63) is 101 Å². The molecule has 0 radical (unpaired) electrons. The average Bonchev–Trinajstić information content (AvgIpc) is 3.18. The van der Waals surface area contributed by atoms with Crippen molar-refractivity contribution in [2.75, 3.05) is 24.7 Å². The summed E-state index contributed by atoms with van der Waals surface area (Å²) in [6, 6.07) is 27.9. The normalized spacial score (nSPS) is 17.8. The predicted molar refractivity (Wildman–Crippen MR) is 124 cm³/mol. The van der Waals surface area contributed by atoms with Gasteiger partial charge in [0.1, 0.15) is 12.2 Å². The molecule has 31 heavy (non-hydrogen) atoms. The number of nitrogens with one attached hydrogen (secondary N) is 1. The number of aromatic amines is 1. The minimum atomic E-state index is 0. The highest BCUT2D eigenvalue weighted by Gasteiger charge is 2.40. The molecule has 1 unspecified atom stereocenters. The van der Waals surface area contributed by atoms with Crippen molar-refractivity contribution in [1.29, 1.82) is 0 Å². The van der Waals surface area contributed by atoms with Gasteiger partial charge in [-0.1, -0.05) is 60.1 Å². The highest BCUT2D eigenvalue weighted by Crippen LogP contribution is 2.35. The van der Waals surface area contributed by atoms with Crippen LogP contribution in [0.3, 0.4) is 0 Å². The fraction of sp³-hybridized carbons (Fsp3) is 0.192. The Kier molecular flexibility index (Phi) is 5.52. The number of anilines is 1. The van der Waals surface area contributed by atoms with E-state index in [0.717, 1.165) is 31.2 Å². The number of halogens is 2. The first-order valence-electron chi connectivity index (χ1n) is 10.5. The van der Waals surface area contributed by atoms with Crippen LogP contribution in [-0.4, -0.2) is 35.0 Å². The molecule has 4 aromatic rings. The molecule has 156 valence electrons. The van der Waals surface area contributed by atoms with Crippen molar-refractivity contribution in [3.8, 4) is 0 Å². The molecule has 5 heteroatoms. The molecular formula is C26H23ClIN3. The summed E-state index contributed by atoms with van der Waals surface area (Å²) >= 11 is 6.14. The third kappa shape index (κ3) is 3.56. The van der Waals surface area contributed by atoms with E-state index in [-0.39, 0.29) is 24.0 Å². The topological polar surface area (TPSA) is 22.0 Å². The fourth-order valence-electron chi connectivity index (χ4n) is 5.10. The second kappa shape index (κ2) is 8.32. The maximum atomic E-state index is 6.14. The van der Waals surface area contributed by atoms with E-state index >= 15 is 0 Å². The molecular weight excluding hydrogens is 517 g/mol. The van der Waals surface area contributed by atoms with Gasteiger partial charge in [-0.05, 0) is 41.5 Å². The maximum absolute atomic E-state index is 6.14. The summed E-state index contributed by atoms with van der Waals surface area (Å²) in [4.78, 5) is 6.24. The van der Waals surface area contributed by atoms with Gasteiger partial charge >= 0.3 is 0 Å². The third-order valence-corrected chi connectivity index (χ3v) is 6.76. The van der Waals surface area contributed by atoms with Crippen molar-refractivity contribution in [1.82, 2.24) is 4.98 Å². The molecule has 0 aliphatic carbocycles. The van der Waals surface area contributed by atoms with Crippen molar-refractivity contribution >= 4 is 33.9 Å². The summed E-state index contributed by atoms with van der Waals surface area (Å²) in [5, 5.41) is 2.15. The van der Waals surface area contributed by atoms with Crippen molar-refractivity contribution in [3.63, 3.8) is 0 Å². The highest BCUT2D eigenvalue weighted by atomic mass is 127. The molecule has 3 aromatic carbocycles. The van der Waals surface area contributed by atoms with Crippen LogP contribution in [-0.2, 0) is 6.42 Å². The zero-order valence-electron chi connectivity index (χ0n) is 17.1. The van der Waals surface area contributed by atoms with Crippen LogP contribution in [0, 0.1) is 0 Å². The molecule has 0 bridgehead atoms. The van der Waals surface area contributed by atoms with Gasteiger partial charge in [-0.2, -0.15) is 0 Å². The van der Waals surface area contributed by atoms with E-state index in [2.05, 4.69) is 81.2 Å². The number of rotatable bonds is 2. The lowest BCUT2D eigenvalue weighted by Crippen LogP contribution is -3.00. The quantitative estimate of drug-likeness (QED) is 0.307. The summed E-state index contributed by atoms with van der Waals surface area (Å²) in [7, 11) is 0. The number of H-pyrrole nitrogens is 1. The summed E-state index contributed by atoms with van der Waals surface area (Å²) < 4.78 is 2.56. The molecule has 0 saturated carbocycles. The summed E-state index contributed by atoms with van der Waals surface area (Å²) in [6.07, 6.45) is 1.07. The SMILES string of the molecule is Clc1ccc(N2CC(c3ccccc3)C3=[N+](CCc4c3[nH]c3ccccc43)C2)cc1.[I-]. The van der Waals surface area contributed by atoms with Crippen LogP contribution in [0.4, 0.5) is 5.69 Å². The van der Waals surface area contributed by atoms with Gasteiger partial charge in [0.05, 0.1) is 5.92 Å². The molecule has 1 atom stereocenters. The molecule has 3 heterocycles. The number of hydrogen-bond acceptors (Lipinski definition) is 1. The van der Waals surface area contributed by atoms with Crippen molar-refractivity contribution < 1.29 is 28.6 Å². The Morgan fingerprint density at radius 3 is 2.45 bits per heavy atom. The van der Waals surface area contributed by atoms with E-state index in [1.807, 2.05) is 12.1 Å². The lowest BCUT2D eigenvalue weighted by atomic mass is 9.86. The molecule has 1 aromatic heterocycles. The van der Waals surface area contributed by atoms with Crippen LogP contribution in [0.1, 0.15) is 22.7 Å². The number of para-hydroxylation sites is 1. The van der Waals surface area contributed by atoms with Crippen LogP contribution < -0.4 is 28.9 Å². The fourth-order valence-corrected chi connectivity index (χ4v) is 5.23. The number of benzene rings is 3. The third-order valence-electron chi connectivity index (χ3n) is 6.51. The van der Waals surface area contributed by atoms with E-state index < -0.39 is 0 Å². The van der Waals surface area contributed by atoms with Crippen molar-refractivity contribution in [2.45, 2.75) is 12.3 Å². The molecule has 3 nitrogen and oxygen atoms in total. The molecule has 2 aliphatic heterocycles. The zero-order chi connectivity index (χ0) is 20.1. The first kappa shape index (κ1) is 20.6. The van der Waals surface area contributed by atoms with Gasteiger partial charge in [0.15, 0.2) is 0 Å². The Bertz CT molecular complexity index is 1260. The van der Waals surface area contributed by atoms with Gasteiger partial charge in [-0.25, -0.2) is 4.58 Å². The Labute approximate surface area is 204 Å². The van der Waals surface area contributed by atoms with Gasteiger partial charge in [-0.15, -0.1) is 0 Å². The van der Waals surface area contributed by atoms with E-state index in [4.69, 9.17) is 11.6 Å². The van der Waals surface area contributed by atoms with E-state index in [1.165, 1.54) is 39.1 Å². The zero-order valence-corrected chi connectivity index (χ0v) is 20.0. The van der Waals surface area contributed by atoms with Crippen molar-refractivity contribution in [2.24, 2.45) is 0 Å². The highest BCUT2D eigenvalue weighted by molar-refractivity contribution is 6.30. The van der Waals surface area contributed by atoms with Gasteiger partial charge in [0.2, 0.25) is 12.4 Å². The van der Waals surface area contributed by atoms with Crippen LogP contribution in [0.5, 0.6) is 0 Å². The number of fused-ring (bicyclic) bond motifs is 4. The monoisotopic (exact) mass is 539 g/mol. The predicted octanol–water partition coefficient (Wildman–Crippen LogP) is 2.44. The minimum absolute atomic E-state index is 0. The van der Waals surface area contributed by atoms with Crippen LogP contribution in [0.25, 0.3) is 10.9 Å². The molecule has 0 amide bonds. The lowest BCUT2D eigenvalue weighted by Gasteiger charge is -2.35. The van der Waals surface area contributed by atoms with Gasteiger partial charge in [-0.3, -0.25) is 0 Å². The van der Waals surface area contributed by atoms with Gasteiger partial charge < -0.3 is 33.9 Å².